The highest BCUT2D eigenvalue weighted by Crippen LogP contribution is 2.29. The molecule has 0 fully saturated rings. The minimum absolute atomic E-state index is 0.557. The number of pyridine rings is 1. The first-order valence-electron chi connectivity index (χ1n) is 5.00. The fraction of sp³-hybridized carbons (Fsp3) is 0. The van der Waals surface area contributed by atoms with Crippen molar-refractivity contribution >= 4 is 16.9 Å². The lowest BCUT2D eigenvalue weighted by molar-refractivity contribution is 1.10. The molecule has 0 bridgehead atoms. The van der Waals surface area contributed by atoms with Crippen LogP contribution in [0.25, 0.3) is 22.2 Å². The second kappa shape index (κ2) is 3.34. The maximum Gasteiger partial charge on any atom is 0.183 e. The Hall–Kier alpha value is -2.36. The molecule has 16 heavy (non-hydrogen) atoms. The zero-order valence-corrected chi connectivity index (χ0v) is 8.51. The fourth-order valence-corrected chi connectivity index (χ4v) is 1.83. The molecule has 0 spiro atoms. The van der Waals surface area contributed by atoms with Crippen LogP contribution in [0.15, 0.2) is 42.6 Å². The van der Waals surface area contributed by atoms with Crippen molar-refractivity contribution in [3.05, 3.63) is 42.6 Å². The van der Waals surface area contributed by atoms with Gasteiger partial charge in [-0.1, -0.05) is 30.3 Å². The summed E-state index contributed by atoms with van der Waals surface area (Å²) in [6.45, 7) is 0. The minimum Gasteiger partial charge on any atom is -0.383 e. The second-order valence-electron chi connectivity index (χ2n) is 3.56. The standard InChI is InChI=1S/C12H10N4/c13-11-10-9(8-4-2-1-3-5-8)6-7-14-12(10)16-15-11/h1-7H,(H3,13,14,15,16). The molecule has 1 aromatic carbocycles. The summed E-state index contributed by atoms with van der Waals surface area (Å²) in [7, 11) is 0. The number of H-pyrrole nitrogens is 1. The van der Waals surface area contributed by atoms with Crippen LogP contribution in [0, 0.1) is 0 Å². The van der Waals surface area contributed by atoms with Crippen LogP contribution in [0.4, 0.5) is 5.82 Å². The number of nitrogen functional groups attached to an aromatic ring is 1. The van der Waals surface area contributed by atoms with E-state index in [1.54, 1.807) is 6.20 Å². The van der Waals surface area contributed by atoms with Gasteiger partial charge < -0.3 is 5.73 Å². The van der Waals surface area contributed by atoms with Crippen molar-refractivity contribution in [3.8, 4) is 11.1 Å². The molecule has 0 unspecified atom stereocenters. The Balaban J connectivity index is 2.36. The molecule has 0 saturated carbocycles. The highest BCUT2D eigenvalue weighted by Gasteiger charge is 2.09. The molecule has 0 aliphatic rings. The van der Waals surface area contributed by atoms with Gasteiger partial charge in [-0.25, -0.2) is 4.98 Å². The van der Waals surface area contributed by atoms with E-state index >= 15 is 0 Å². The molecule has 0 aliphatic carbocycles. The Morgan fingerprint density at radius 2 is 1.88 bits per heavy atom. The van der Waals surface area contributed by atoms with Crippen LogP contribution in [0.5, 0.6) is 0 Å². The summed E-state index contributed by atoms with van der Waals surface area (Å²) in [5, 5.41) is 7.68. The molecule has 3 rings (SSSR count). The van der Waals surface area contributed by atoms with E-state index in [0.29, 0.717) is 11.5 Å². The third-order valence-corrected chi connectivity index (χ3v) is 2.57. The number of aromatic amines is 1. The van der Waals surface area contributed by atoms with E-state index in [2.05, 4.69) is 15.2 Å². The molecule has 3 aromatic rings. The quantitative estimate of drug-likeness (QED) is 0.647. The lowest BCUT2D eigenvalue weighted by atomic mass is 10.0. The van der Waals surface area contributed by atoms with Gasteiger partial charge in [0.25, 0.3) is 0 Å². The third-order valence-electron chi connectivity index (χ3n) is 2.57. The van der Waals surface area contributed by atoms with E-state index in [1.165, 1.54) is 0 Å². The number of hydrogen-bond acceptors (Lipinski definition) is 3. The molecule has 4 heteroatoms. The first-order chi connectivity index (χ1) is 7.86. The molecule has 0 aliphatic heterocycles. The van der Waals surface area contributed by atoms with Crippen LogP contribution in [0.3, 0.4) is 0 Å². The Morgan fingerprint density at radius 3 is 2.69 bits per heavy atom. The largest absolute Gasteiger partial charge is 0.383 e. The van der Waals surface area contributed by atoms with E-state index in [0.717, 1.165) is 16.5 Å². The average molecular weight is 210 g/mol. The van der Waals surface area contributed by atoms with Crippen molar-refractivity contribution in [2.24, 2.45) is 0 Å². The van der Waals surface area contributed by atoms with E-state index < -0.39 is 0 Å². The topological polar surface area (TPSA) is 67.6 Å². The molecule has 2 aromatic heterocycles. The van der Waals surface area contributed by atoms with Gasteiger partial charge in [-0.05, 0) is 17.2 Å². The summed E-state index contributed by atoms with van der Waals surface area (Å²) < 4.78 is 0. The number of nitrogens with one attached hydrogen (secondary N) is 1. The molecule has 0 radical (unpaired) electrons. The number of fused-ring (bicyclic) bond motifs is 1. The molecule has 0 amide bonds. The Morgan fingerprint density at radius 1 is 1.06 bits per heavy atom. The zero-order valence-electron chi connectivity index (χ0n) is 8.51. The van der Waals surface area contributed by atoms with Gasteiger partial charge in [0.1, 0.15) is 5.82 Å². The lowest BCUT2D eigenvalue weighted by Gasteiger charge is -2.02. The van der Waals surface area contributed by atoms with Gasteiger partial charge in [0.15, 0.2) is 5.65 Å². The maximum atomic E-state index is 5.86. The van der Waals surface area contributed by atoms with Crippen molar-refractivity contribution < 1.29 is 0 Å². The summed E-state index contributed by atoms with van der Waals surface area (Å²) in [5.74, 6) is 0.557. The highest BCUT2D eigenvalue weighted by atomic mass is 15.2. The third kappa shape index (κ3) is 1.24. The van der Waals surface area contributed by atoms with Gasteiger partial charge in [0.2, 0.25) is 0 Å². The number of nitrogens with two attached hydrogens (primary N) is 1. The van der Waals surface area contributed by atoms with E-state index in [-0.39, 0.29) is 0 Å². The zero-order chi connectivity index (χ0) is 11.0. The molecule has 3 N–H and O–H groups in total. The van der Waals surface area contributed by atoms with Gasteiger partial charge in [-0.15, -0.1) is 0 Å². The summed E-state index contributed by atoms with van der Waals surface area (Å²) in [6, 6.07) is 12.0. The summed E-state index contributed by atoms with van der Waals surface area (Å²) >= 11 is 0. The minimum atomic E-state index is 0.557. The predicted octanol–water partition coefficient (Wildman–Crippen LogP) is 2.21. The molecule has 0 saturated heterocycles. The van der Waals surface area contributed by atoms with E-state index in [4.69, 9.17) is 5.73 Å². The smallest absolute Gasteiger partial charge is 0.183 e. The van der Waals surface area contributed by atoms with Crippen molar-refractivity contribution in [1.82, 2.24) is 15.2 Å². The van der Waals surface area contributed by atoms with Crippen LogP contribution in [0.2, 0.25) is 0 Å². The fourth-order valence-electron chi connectivity index (χ4n) is 1.83. The number of benzene rings is 1. The van der Waals surface area contributed by atoms with E-state index in [9.17, 15) is 0 Å². The van der Waals surface area contributed by atoms with Crippen LogP contribution in [-0.4, -0.2) is 15.2 Å². The van der Waals surface area contributed by atoms with Crippen LogP contribution in [-0.2, 0) is 0 Å². The molecule has 4 nitrogen and oxygen atoms in total. The van der Waals surface area contributed by atoms with Gasteiger partial charge in [0, 0.05) is 6.20 Å². The molecule has 0 atom stereocenters. The summed E-state index contributed by atoms with van der Waals surface area (Å²) in [5.41, 5.74) is 8.67. The lowest BCUT2D eigenvalue weighted by Crippen LogP contribution is -1.87. The first kappa shape index (κ1) is 8.91. The van der Waals surface area contributed by atoms with E-state index in [1.807, 2.05) is 36.4 Å². The molecular weight excluding hydrogens is 200 g/mol. The van der Waals surface area contributed by atoms with Gasteiger partial charge in [0.05, 0.1) is 5.39 Å². The first-order valence-corrected chi connectivity index (χ1v) is 5.00. The monoisotopic (exact) mass is 210 g/mol. The Labute approximate surface area is 92.1 Å². The van der Waals surface area contributed by atoms with Crippen LogP contribution < -0.4 is 5.73 Å². The number of hydrogen-bond donors (Lipinski definition) is 2. The van der Waals surface area contributed by atoms with Crippen molar-refractivity contribution in [3.63, 3.8) is 0 Å². The van der Waals surface area contributed by atoms with Crippen LogP contribution in [0.1, 0.15) is 0 Å². The van der Waals surface area contributed by atoms with Crippen molar-refractivity contribution in [2.45, 2.75) is 0 Å². The second-order valence-corrected chi connectivity index (χ2v) is 3.56. The molecule has 78 valence electrons. The average Bonchev–Trinajstić information content (AvgIpc) is 2.73. The Kier molecular flexibility index (Phi) is 1.86. The predicted molar refractivity (Wildman–Crippen MR) is 63.7 cm³/mol. The highest BCUT2D eigenvalue weighted by molar-refractivity contribution is 5.99. The molecule has 2 heterocycles. The van der Waals surface area contributed by atoms with Gasteiger partial charge in [-0.2, -0.15) is 5.10 Å². The van der Waals surface area contributed by atoms with Crippen LogP contribution >= 0.6 is 0 Å². The Bertz CT molecular complexity index is 628. The molecular formula is C12H10N4. The number of anilines is 1. The number of rotatable bonds is 1. The summed E-state index contributed by atoms with van der Waals surface area (Å²) in [4.78, 5) is 4.17. The number of aromatic nitrogens is 3. The summed E-state index contributed by atoms with van der Waals surface area (Å²) in [6.07, 6.45) is 1.74. The van der Waals surface area contributed by atoms with Gasteiger partial charge >= 0.3 is 0 Å². The normalized spacial score (nSPS) is 10.8. The SMILES string of the molecule is Nc1[nH]nc2nccc(-c3ccccc3)c12. The van der Waals surface area contributed by atoms with Crippen molar-refractivity contribution in [1.29, 1.82) is 0 Å². The maximum absolute atomic E-state index is 5.86. The van der Waals surface area contributed by atoms with Crippen molar-refractivity contribution in [2.75, 3.05) is 5.73 Å². The number of nitrogens with zero attached hydrogens (tertiary/aromatic N) is 2. The van der Waals surface area contributed by atoms with Gasteiger partial charge in [-0.3, -0.25) is 5.10 Å².